The average Bonchev–Trinajstić information content (AvgIpc) is 3.23. The number of carbonyl (C=O) groups is 1. The van der Waals surface area contributed by atoms with Crippen LogP contribution in [-0.2, 0) is 12.0 Å². The first-order valence-electron chi connectivity index (χ1n) is 11.3. The van der Waals surface area contributed by atoms with Gasteiger partial charge in [-0.1, -0.05) is 56.7 Å². The molecule has 35 heavy (non-hydrogen) atoms. The van der Waals surface area contributed by atoms with E-state index >= 15 is 0 Å². The molecule has 0 bridgehead atoms. The van der Waals surface area contributed by atoms with Gasteiger partial charge in [0.2, 0.25) is 11.8 Å². The molecule has 0 aliphatic carbocycles. The molecule has 2 aromatic carbocycles. The molecule has 2 amide bonds. The highest BCUT2D eigenvalue weighted by Gasteiger charge is 2.21. The zero-order chi connectivity index (χ0) is 25.0. The van der Waals surface area contributed by atoms with Crippen LogP contribution in [0.15, 0.2) is 66.9 Å². The molecule has 2 aromatic heterocycles. The topological polar surface area (TPSA) is 120 Å². The summed E-state index contributed by atoms with van der Waals surface area (Å²) < 4.78 is 7.60. The lowest BCUT2D eigenvalue weighted by molar-refractivity contribution is 0.251. The number of rotatable bonds is 6. The molecule has 0 fully saturated rings. The molecule has 0 aliphatic rings. The van der Waals surface area contributed by atoms with Crippen LogP contribution in [0.3, 0.4) is 0 Å². The van der Waals surface area contributed by atoms with Crippen LogP contribution in [0, 0.1) is 6.92 Å². The minimum atomic E-state index is -0.361. The normalized spacial score (nSPS) is 11.2. The maximum Gasteiger partial charge on any atom is 0.320 e. The third-order valence-corrected chi connectivity index (χ3v) is 5.27. The van der Waals surface area contributed by atoms with E-state index in [4.69, 9.17) is 15.6 Å². The van der Waals surface area contributed by atoms with Crippen LogP contribution in [0.5, 0.6) is 11.6 Å². The Morgan fingerprint density at radius 3 is 2.57 bits per heavy atom. The van der Waals surface area contributed by atoms with Crippen molar-refractivity contribution in [3.63, 3.8) is 0 Å². The van der Waals surface area contributed by atoms with Crippen molar-refractivity contribution in [2.24, 2.45) is 0 Å². The van der Waals surface area contributed by atoms with E-state index in [9.17, 15) is 4.79 Å². The van der Waals surface area contributed by atoms with Gasteiger partial charge in [0.05, 0.1) is 11.4 Å². The molecule has 4 rings (SSSR count). The predicted octanol–water partition coefficient (Wildman–Crippen LogP) is 5.70. The summed E-state index contributed by atoms with van der Waals surface area (Å²) >= 11 is 0. The van der Waals surface area contributed by atoms with Crippen LogP contribution in [-0.4, -0.2) is 25.8 Å². The number of nitrogens with one attached hydrogen (secondary N) is 2. The second kappa shape index (κ2) is 9.84. The van der Waals surface area contributed by atoms with E-state index in [1.165, 1.54) is 6.20 Å². The third-order valence-electron chi connectivity index (χ3n) is 5.27. The van der Waals surface area contributed by atoms with Crippen molar-refractivity contribution in [2.75, 3.05) is 11.1 Å². The molecule has 9 nitrogen and oxygen atoms in total. The molecule has 0 saturated carbocycles. The van der Waals surface area contributed by atoms with Gasteiger partial charge >= 0.3 is 6.03 Å². The summed E-state index contributed by atoms with van der Waals surface area (Å²) in [4.78, 5) is 20.8. The van der Waals surface area contributed by atoms with Gasteiger partial charge in [-0.3, -0.25) is 5.32 Å². The Labute approximate surface area is 208 Å². The molecule has 0 unspecified atom stereocenters. The molecule has 0 aliphatic heterocycles. The molecular formula is C26H35N7O2. The molecule has 0 spiro atoms. The lowest BCUT2D eigenvalue weighted by atomic mass is 9.92. The first-order valence-corrected chi connectivity index (χ1v) is 11.3. The maximum atomic E-state index is 12.9. The Morgan fingerprint density at radius 2 is 1.86 bits per heavy atom. The summed E-state index contributed by atoms with van der Waals surface area (Å²) in [6, 6.07) is 18.5. The molecule has 186 valence electrons. The largest absolute Gasteiger partial charge is 0.439 e. The zero-order valence-corrected chi connectivity index (χ0v) is 20.2. The number of hydrogen-bond donors (Lipinski definition) is 3. The monoisotopic (exact) mass is 477 g/mol. The maximum absolute atomic E-state index is 12.9. The number of amides is 2. The summed E-state index contributed by atoms with van der Waals surface area (Å²) in [6.07, 6.45) is 1.52. The van der Waals surface area contributed by atoms with Crippen molar-refractivity contribution in [1.29, 1.82) is 0 Å². The van der Waals surface area contributed by atoms with Crippen molar-refractivity contribution < 1.29 is 13.8 Å². The third kappa shape index (κ3) is 5.94. The molecule has 0 saturated heterocycles. The first kappa shape index (κ1) is 23.7. The van der Waals surface area contributed by atoms with Gasteiger partial charge in [0.25, 0.3) is 0 Å². The van der Waals surface area contributed by atoms with E-state index in [-0.39, 0.29) is 28.2 Å². The van der Waals surface area contributed by atoms with Gasteiger partial charge in [-0.25, -0.2) is 14.5 Å². The molecule has 4 aromatic rings. The molecule has 4 N–H and O–H groups in total. The van der Waals surface area contributed by atoms with E-state index in [1.54, 1.807) is 16.8 Å². The average molecular weight is 478 g/mol. The number of benzene rings is 2. The number of nitrogens with two attached hydrogens (primary N) is 1. The van der Waals surface area contributed by atoms with Crippen LogP contribution < -0.4 is 21.1 Å². The van der Waals surface area contributed by atoms with E-state index in [0.717, 1.165) is 22.5 Å². The van der Waals surface area contributed by atoms with Gasteiger partial charge in [0.1, 0.15) is 11.6 Å². The summed E-state index contributed by atoms with van der Waals surface area (Å²) in [7, 11) is 0. The Kier molecular flexibility index (Phi) is 6.68. The summed E-state index contributed by atoms with van der Waals surface area (Å²) in [5, 5.41) is 10.6. The van der Waals surface area contributed by atoms with Crippen LogP contribution in [0.25, 0.3) is 5.69 Å². The number of urea groups is 1. The van der Waals surface area contributed by atoms with Crippen LogP contribution in [0.2, 0.25) is 0 Å². The van der Waals surface area contributed by atoms with Crippen molar-refractivity contribution >= 4 is 17.8 Å². The quantitative estimate of drug-likeness (QED) is 0.327. The Hall–Kier alpha value is -4.40. The zero-order valence-electron chi connectivity index (χ0n) is 20.2. The lowest BCUT2D eigenvalue weighted by Gasteiger charge is -2.14. The van der Waals surface area contributed by atoms with Gasteiger partial charge in [-0.2, -0.15) is 10.1 Å². The standard InChI is InChI=1S/C26H29N7O2.3H2/c1-17-9-11-19(12-10-17)33-22(15-21(32-33)26(2,3)4)30-25(34)29-16-18-7-5-6-8-20(18)35-23-13-14-28-24(27)31-23;;;/h5-15H,16H2,1-4H3,(H2,27,28,31)(H2,29,30,34);3*1H. The number of aryl methyl sites for hydroxylation is 1. The van der Waals surface area contributed by atoms with E-state index in [2.05, 4.69) is 41.4 Å². The molecular weight excluding hydrogens is 442 g/mol. The summed E-state index contributed by atoms with van der Waals surface area (Å²) in [5.74, 6) is 1.59. The van der Waals surface area contributed by atoms with Crippen molar-refractivity contribution in [3.8, 4) is 17.3 Å². The number of nitrogen functional groups attached to an aromatic ring is 1. The fraction of sp³-hybridized carbons (Fsp3) is 0.231. The van der Waals surface area contributed by atoms with Gasteiger partial charge < -0.3 is 15.8 Å². The molecule has 9 heteroatoms. The highest BCUT2D eigenvalue weighted by molar-refractivity contribution is 5.88. The molecule has 2 heterocycles. The lowest BCUT2D eigenvalue weighted by Crippen LogP contribution is -2.29. The summed E-state index contributed by atoms with van der Waals surface area (Å²) in [6.45, 7) is 8.53. The van der Waals surface area contributed by atoms with Gasteiger partial charge in [-0.15, -0.1) is 0 Å². The second-order valence-electron chi connectivity index (χ2n) is 9.18. The van der Waals surface area contributed by atoms with Crippen LogP contribution >= 0.6 is 0 Å². The molecule has 0 atom stereocenters. The Bertz CT molecular complexity index is 1340. The number of hydrogen-bond acceptors (Lipinski definition) is 6. The summed E-state index contributed by atoms with van der Waals surface area (Å²) in [5.41, 5.74) is 9.12. The second-order valence-corrected chi connectivity index (χ2v) is 9.18. The van der Waals surface area contributed by atoms with Gasteiger partial charge in [0.15, 0.2) is 0 Å². The SMILES string of the molecule is Cc1ccc(-n2nc(C(C)(C)C)cc2NC(=O)NCc2ccccc2Oc2ccnc(N)n2)cc1.[HH].[HH].[HH]. The number of para-hydroxylation sites is 1. The van der Waals surface area contributed by atoms with E-state index in [0.29, 0.717) is 17.4 Å². The smallest absolute Gasteiger partial charge is 0.320 e. The molecule has 0 radical (unpaired) electrons. The van der Waals surface area contributed by atoms with Gasteiger partial charge in [0, 0.05) is 40.1 Å². The fourth-order valence-electron chi connectivity index (χ4n) is 3.33. The number of nitrogens with zero attached hydrogens (tertiary/aromatic N) is 4. The minimum Gasteiger partial charge on any atom is -0.439 e. The highest BCUT2D eigenvalue weighted by Crippen LogP contribution is 2.27. The predicted molar refractivity (Wildman–Crippen MR) is 142 cm³/mol. The Morgan fingerprint density at radius 1 is 1.11 bits per heavy atom. The number of anilines is 2. The van der Waals surface area contributed by atoms with Crippen LogP contribution in [0.1, 0.15) is 41.9 Å². The van der Waals surface area contributed by atoms with Crippen molar-refractivity contribution in [2.45, 2.75) is 39.7 Å². The Balaban J connectivity index is 0.00000241. The highest BCUT2D eigenvalue weighted by atomic mass is 16.5. The van der Waals surface area contributed by atoms with Crippen molar-refractivity contribution in [3.05, 3.63) is 83.7 Å². The number of ether oxygens (including phenoxy) is 1. The fourth-order valence-corrected chi connectivity index (χ4v) is 3.33. The number of carbonyl (C=O) groups excluding carboxylic acids is 1. The van der Waals surface area contributed by atoms with E-state index in [1.807, 2.05) is 55.5 Å². The van der Waals surface area contributed by atoms with Gasteiger partial charge in [-0.05, 0) is 25.1 Å². The van der Waals surface area contributed by atoms with E-state index < -0.39 is 0 Å². The minimum absolute atomic E-state index is 0. The first-order chi connectivity index (χ1) is 16.7. The van der Waals surface area contributed by atoms with Crippen molar-refractivity contribution in [1.82, 2.24) is 25.1 Å². The van der Waals surface area contributed by atoms with Crippen LogP contribution in [0.4, 0.5) is 16.6 Å². The number of aromatic nitrogens is 4.